The minimum Gasteiger partial charge on any atom is -0.356 e. The van der Waals surface area contributed by atoms with Gasteiger partial charge in [-0.15, -0.1) is 0 Å². The average Bonchev–Trinajstić information content (AvgIpc) is 2.89. The summed E-state index contributed by atoms with van der Waals surface area (Å²) in [5.74, 6) is 1.41. The highest BCUT2D eigenvalue weighted by Gasteiger charge is 2.38. The first-order chi connectivity index (χ1) is 9.16. The molecule has 1 aromatic rings. The predicted octanol–water partition coefficient (Wildman–Crippen LogP) is -0.374. The zero-order valence-corrected chi connectivity index (χ0v) is 11.0. The topological polar surface area (TPSA) is 99.8 Å². The number of rotatable bonds is 7. The summed E-state index contributed by atoms with van der Waals surface area (Å²) in [5.41, 5.74) is 0. The van der Waals surface area contributed by atoms with Gasteiger partial charge in [-0.25, -0.2) is 4.98 Å². The minimum atomic E-state index is -0.0661. The fourth-order valence-corrected chi connectivity index (χ4v) is 1.88. The molecule has 1 heterocycles. The van der Waals surface area contributed by atoms with Gasteiger partial charge in [-0.3, -0.25) is 14.7 Å². The second-order valence-corrected chi connectivity index (χ2v) is 4.89. The Balaban J connectivity index is 1.51. The molecule has 1 aromatic heterocycles. The summed E-state index contributed by atoms with van der Waals surface area (Å²) in [6, 6.07) is 0. The Hall–Kier alpha value is -1.92. The molecule has 1 saturated carbocycles. The van der Waals surface area contributed by atoms with Gasteiger partial charge in [0.25, 0.3) is 0 Å². The highest BCUT2D eigenvalue weighted by molar-refractivity contribution is 5.82. The van der Waals surface area contributed by atoms with Gasteiger partial charge in [-0.05, 0) is 12.3 Å². The van der Waals surface area contributed by atoms with E-state index in [-0.39, 0.29) is 17.7 Å². The van der Waals surface area contributed by atoms with Gasteiger partial charge >= 0.3 is 0 Å². The maximum Gasteiger partial charge on any atom is 0.223 e. The van der Waals surface area contributed by atoms with Crippen LogP contribution in [0.5, 0.6) is 0 Å². The number of carbonyl (C=O) groups is 2. The number of amides is 2. The molecule has 0 radical (unpaired) electrons. The van der Waals surface area contributed by atoms with Crippen molar-refractivity contribution in [3.63, 3.8) is 0 Å². The Morgan fingerprint density at radius 1 is 1.42 bits per heavy atom. The van der Waals surface area contributed by atoms with Crippen LogP contribution in [-0.4, -0.2) is 40.1 Å². The molecule has 0 aromatic carbocycles. The van der Waals surface area contributed by atoms with Gasteiger partial charge in [0.05, 0.1) is 0 Å². The van der Waals surface area contributed by atoms with E-state index in [1.54, 1.807) is 0 Å². The Bertz CT molecular complexity index is 431. The molecule has 104 valence electrons. The number of hydrogen-bond donors (Lipinski definition) is 3. The first-order valence-electron chi connectivity index (χ1n) is 6.55. The third-order valence-corrected chi connectivity index (χ3v) is 3.25. The number of aromatic nitrogens is 3. The van der Waals surface area contributed by atoms with Crippen LogP contribution in [0.15, 0.2) is 6.33 Å². The first-order valence-corrected chi connectivity index (χ1v) is 6.55. The Morgan fingerprint density at radius 2 is 2.21 bits per heavy atom. The van der Waals surface area contributed by atoms with E-state index in [0.29, 0.717) is 31.8 Å². The van der Waals surface area contributed by atoms with Crippen molar-refractivity contribution >= 4 is 11.8 Å². The van der Waals surface area contributed by atoms with Gasteiger partial charge in [-0.1, -0.05) is 6.92 Å². The van der Waals surface area contributed by atoms with Gasteiger partial charge in [0.15, 0.2) is 0 Å². The Morgan fingerprint density at radius 3 is 2.84 bits per heavy atom. The summed E-state index contributed by atoms with van der Waals surface area (Å²) in [6.45, 7) is 2.97. The smallest absolute Gasteiger partial charge is 0.223 e. The van der Waals surface area contributed by atoms with Crippen LogP contribution in [0, 0.1) is 11.8 Å². The molecular formula is C12H19N5O2. The number of nitrogens with zero attached hydrogens (tertiary/aromatic N) is 2. The third kappa shape index (κ3) is 4.35. The number of carbonyl (C=O) groups excluding carboxylic acids is 2. The first kappa shape index (κ1) is 13.5. The van der Waals surface area contributed by atoms with Crippen molar-refractivity contribution in [1.82, 2.24) is 25.8 Å². The molecule has 0 spiro atoms. The van der Waals surface area contributed by atoms with Crippen LogP contribution in [-0.2, 0) is 16.0 Å². The fourth-order valence-electron chi connectivity index (χ4n) is 1.88. The normalized spacial score (nSPS) is 20.9. The lowest BCUT2D eigenvalue weighted by atomic mass is 10.3. The lowest BCUT2D eigenvalue weighted by Gasteiger charge is -2.05. The van der Waals surface area contributed by atoms with E-state index < -0.39 is 0 Å². The van der Waals surface area contributed by atoms with Gasteiger partial charge < -0.3 is 10.6 Å². The fraction of sp³-hybridized carbons (Fsp3) is 0.667. The minimum absolute atomic E-state index is 0.0661. The van der Waals surface area contributed by atoms with Crippen molar-refractivity contribution in [2.75, 3.05) is 13.1 Å². The van der Waals surface area contributed by atoms with E-state index in [0.717, 1.165) is 12.2 Å². The second-order valence-electron chi connectivity index (χ2n) is 4.89. The van der Waals surface area contributed by atoms with E-state index in [9.17, 15) is 9.59 Å². The van der Waals surface area contributed by atoms with Crippen LogP contribution >= 0.6 is 0 Å². The molecule has 2 unspecified atom stereocenters. The summed E-state index contributed by atoms with van der Waals surface area (Å²) in [5, 5.41) is 12.0. The molecule has 2 rings (SSSR count). The maximum atomic E-state index is 11.5. The van der Waals surface area contributed by atoms with Crippen LogP contribution in [0.25, 0.3) is 0 Å². The molecule has 2 amide bonds. The maximum absolute atomic E-state index is 11.5. The molecule has 7 heteroatoms. The van der Waals surface area contributed by atoms with Gasteiger partial charge in [0.2, 0.25) is 11.8 Å². The largest absolute Gasteiger partial charge is 0.356 e. The van der Waals surface area contributed by atoms with Crippen molar-refractivity contribution in [1.29, 1.82) is 0 Å². The van der Waals surface area contributed by atoms with Crippen molar-refractivity contribution in [2.24, 2.45) is 11.8 Å². The second kappa shape index (κ2) is 6.31. The molecule has 0 aliphatic heterocycles. The molecule has 0 bridgehead atoms. The summed E-state index contributed by atoms with van der Waals surface area (Å²) >= 11 is 0. The average molecular weight is 265 g/mol. The monoisotopic (exact) mass is 265 g/mol. The molecule has 2 atom stereocenters. The number of hydrogen-bond acceptors (Lipinski definition) is 4. The van der Waals surface area contributed by atoms with Crippen LogP contribution in [0.2, 0.25) is 0 Å². The molecule has 3 N–H and O–H groups in total. The van der Waals surface area contributed by atoms with E-state index in [2.05, 4.69) is 32.7 Å². The summed E-state index contributed by atoms with van der Waals surface area (Å²) in [4.78, 5) is 27.0. The number of nitrogens with one attached hydrogen (secondary N) is 3. The van der Waals surface area contributed by atoms with Gasteiger partial charge in [0, 0.05) is 31.8 Å². The van der Waals surface area contributed by atoms with E-state index in [4.69, 9.17) is 0 Å². The number of H-pyrrole nitrogens is 1. The zero-order chi connectivity index (χ0) is 13.7. The highest BCUT2D eigenvalue weighted by Crippen LogP contribution is 2.37. The SMILES string of the molecule is CC1CC1C(=O)NCCC(=O)NCCc1ncn[nH]1. The number of aromatic amines is 1. The van der Waals surface area contributed by atoms with Gasteiger partial charge in [-0.2, -0.15) is 5.10 Å². The standard InChI is InChI=1S/C12H19N5O2/c1-8-6-9(8)12(19)14-5-3-11(18)13-4-2-10-15-7-16-17-10/h7-9H,2-6H2,1H3,(H,13,18)(H,14,19)(H,15,16,17). The van der Waals surface area contributed by atoms with Crippen molar-refractivity contribution < 1.29 is 9.59 Å². The van der Waals surface area contributed by atoms with Crippen LogP contribution in [0.4, 0.5) is 0 Å². The third-order valence-electron chi connectivity index (χ3n) is 3.25. The molecule has 1 aliphatic carbocycles. The van der Waals surface area contributed by atoms with Crippen LogP contribution in [0.1, 0.15) is 25.6 Å². The Labute approximate surface area is 111 Å². The van der Waals surface area contributed by atoms with Gasteiger partial charge in [0.1, 0.15) is 12.2 Å². The summed E-state index contributed by atoms with van der Waals surface area (Å²) in [6.07, 6.45) is 3.34. The molecule has 1 fully saturated rings. The molecule has 0 saturated heterocycles. The van der Waals surface area contributed by atoms with Crippen LogP contribution in [0.3, 0.4) is 0 Å². The Kier molecular flexibility index (Phi) is 4.48. The van der Waals surface area contributed by atoms with Crippen molar-refractivity contribution in [2.45, 2.75) is 26.2 Å². The molecule has 7 nitrogen and oxygen atoms in total. The summed E-state index contributed by atoms with van der Waals surface area (Å²) in [7, 11) is 0. The van der Waals surface area contributed by atoms with Crippen LogP contribution < -0.4 is 10.6 Å². The zero-order valence-electron chi connectivity index (χ0n) is 11.0. The lowest BCUT2D eigenvalue weighted by molar-refractivity contribution is -0.123. The molecule has 1 aliphatic rings. The van der Waals surface area contributed by atoms with E-state index in [1.807, 2.05) is 0 Å². The quantitative estimate of drug-likeness (QED) is 0.626. The predicted molar refractivity (Wildman–Crippen MR) is 68.0 cm³/mol. The van der Waals surface area contributed by atoms with Crippen molar-refractivity contribution in [3.05, 3.63) is 12.2 Å². The molecular weight excluding hydrogens is 246 g/mol. The van der Waals surface area contributed by atoms with Crippen molar-refractivity contribution in [3.8, 4) is 0 Å². The van der Waals surface area contributed by atoms with E-state index in [1.165, 1.54) is 6.33 Å². The highest BCUT2D eigenvalue weighted by atomic mass is 16.2. The van der Waals surface area contributed by atoms with E-state index >= 15 is 0 Å². The molecule has 19 heavy (non-hydrogen) atoms. The lowest BCUT2D eigenvalue weighted by Crippen LogP contribution is -2.32. The summed E-state index contributed by atoms with van der Waals surface area (Å²) < 4.78 is 0.